The van der Waals surface area contributed by atoms with Gasteiger partial charge in [-0.15, -0.1) is 0 Å². The van der Waals surface area contributed by atoms with Crippen LogP contribution in [0, 0.1) is 0 Å². The third kappa shape index (κ3) is 3.94. The van der Waals surface area contributed by atoms with E-state index in [4.69, 9.17) is 21.1 Å². The molecule has 0 saturated carbocycles. The van der Waals surface area contributed by atoms with Crippen LogP contribution in [0.4, 0.5) is 10.5 Å². The van der Waals surface area contributed by atoms with Crippen molar-refractivity contribution in [1.82, 2.24) is 4.90 Å². The van der Waals surface area contributed by atoms with Gasteiger partial charge in [-0.2, -0.15) is 0 Å². The summed E-state index contributed by atoms with van der Waals surface area (Å²) >= 11 is 6.10. The number of rotatable bonds is 4. The molecule has 3 aromatic rings. The van der Waals surface area contributed by atoms with Crippen molar-refractivity contribution >= 4 is 23.3 Å². The average Bonchev–Trinajstić information content (AvgIpc) is 2.78. The van der Waals surface area contributed by atoms with Crippen molar-refractivity contribution in [3.8, 4) is 11.5 Å². The van der Waals surface area contributed by atoms with Gasteiger partial charge in [-0.25, -0.2) is 4.79 Å². The molecule has 154 valence electrons. The lowest BCUT2D eigenvalue weighted by molar-refractivity contribution is 0.194. The van der Waals surface area contributed by atoms with Crippen LogP contribution in [0.3, 0.4) is 0 Å². The molecule has 0 aromatic heterocycles. The van der Waals surface area contributed by atoms with E-state index in [1.165, 1.54) is 5.56 Å². The molecule has 1 aliphatic rings. The predicted octanol–water partition coefficient (Wildman–Crippen LogP) is 5.54. The number of benzene rings is 3. The van der Waals surface area contributed by atoms with Crippen LogP contribution >= 0.6 is 11.6 Å². The molecule has 0 fully saturated rings. The highest BCUT2D eigenvalue weighted by molar-refractivity contribution is 6.30. The highest BCUT2D eigenvalue weighted by Crippen LogP contribution is 2.37. The van der Waals surface area contributed by atoms with E-state index in [1.807, 2.05) is 41.3 Å². The first-order chi connectivity index (χ1) is 14.6. The number of carbonyl (C=O) groups is 1. The van der Waals surface area contributed by atoms with Crippen molar-refractivity contribution in [2.24, 2.45) is 0 Å². The largest absolute Gasteiger partial charge is 0.497 e. The molecular weight excluding hydrogens is 400 g/mol. The lowest BCUT2D eigenvalue weighted by atomic mass is 9.88. The third-order valence-corrected chi connectivity index (χ3v) is 5.63. The van der Waals surface area contributed by atoms with Gasteiger partial charge in [0.2, 0.25) is 0 Å². The van der Waals surface area contributed by atoms with Gasteiger partial charge < -0.3 is 19.7 Å². The minimum atomic E-state index is -0.205. The van der Waals surface area contributed by atoms with Gasteiger partial charge in [0.15, 0.2) is 0 Å². The Balaban J connectivity index is 1.70. The fraction of sp³-hybridized carbons (Fsp3) is 0.208. The predicted molar refractivity (Wildman–Crippen MR) is 119 cm³/mol. The number of nitrogens with one attached hydrogen (secondary N) is 1. The zero-order chi connectivity index (χ0) is 21.1. The van der Waals surface area contributed by atoms with Crippen LogP contribution in [-0.2, 0) is 6.42 Å². The maximum atomic E-state index is 13.4. The second-order valence-electron chi connectivity index (χ2n) is 7.09. The first kappa shape index (κ1) is 20.1. The Hall–Kier alpha value is -3.18. The maximum absolute atomic E-state index is 13.4. The van der Waals surface area contributed by atoms with Crippen molar-refractivity contribution in [3.63, 3.8) is 0 Å². The number of anilines is 1. The molecule has 30 heavy (non-hydrogen) atoms. The molecule has 1 N–H and O–H groups in total. The first-order valence-corrected chi connectivity index (χ1v) is 10.1. The van der Waals surface area contributed by atoms with Gasteiger partial charge in [-0.1, -0.05) is 48.0 Å². The second kappa shape index (κ2) is 8.67. The summed E-state index contributed by atoms with van der Waals surface area (Å²) < 4.78 is 10.7. The van der Waals surface area contributed by atoms with E-state index >= 15 is 0 Å². The fourth-order valence-electron chi connectivity index (χ4n) is 3.89. The molecule has 0 saturated heterocycles. The van der Waals surface area contributed by atoms with Crippen molar-refractivity contribution in [3.05, 3.63) is 88.4 Å². The van der Waals surface area contributed by atoms with Gasteiger partial charge in [0, 0.05) is 17.6 Å². The summed E-state index contributed by atoms with van der Waals surface area (Å²) in [7, 11) is 3.16. The normalized spacial score (nSPS) is 15.3. The highest BCUT2D eigenvalue weighted by atomic mass is 35.5. The number of urea groups is 1. The van der Waals surface area contributed by atoms with E-state index in [-0.39, 0.29) is 12.1 Å². The zero-order valence-electron chi connectivity index (χ0n) is 16.9. The van der Waals surface area contributed by atoms with Crippen LogP contribution < -0.4 is 14.8 Å². The Morgan fingerprint density at radius 3 is 2.53 bits per heavy atom. The summed E-state index contributed by atoms with van der Waals surface area (Å²) in [6.45, 7) is 0.600. The molecule has 1 unspecified atom stereocenters. The summed E-state index contributed by atoms with van der Waals surface area (Å²) in [4.78, 5) is 15.2. The number of ether oxygens (including phenoxy) is 2. The topological polar surface area (TPSA) is 50.8 Å². The van der Waals surface area contributed by atoms with Gasteiger partial charge in [0.1, 0.15) is 11.5 Å². The van der Waals surface area contributed by atoms with E-state index < -0.39 is 0 Å². The van der Waals surface area contributed by atoms with Gasteiger partial charge in [-0.05, 0) is 47.4 Å². The summed E-state index contributed by atoms with van der Waals surface area (Å²) in [5.41, 5.74) is 3.95. The lowest BCUT2D eigenvalue weighted by Gasteiger charge is -2.37. The van der Waals surface area contributed by atoms with Crippen LogP contribution in [0.25, 0.3) is 0 Å². The smallest absolute Gasteiger partial charge is 0.322 e. The molecule has 0 aliphatic carbocycles. The summed E-state index contributed by atoms with van der Waals surface area (Å²) in [6.07, 6.45) is 0.795. The molecule has 6 heteroatoms. The molecular formula is C24H23ClN2O3. The molecule has 3 aromatic carbocycles. The van der Waals surface area contributed by atoms with Gasteiger partial charge in [0.25, 0.3) is 0 Å². The van der Waals surface area contributed by atoms with Crippen molar-refractivity contribution < 1.29 is 14.3 Å². The number of fused-ring (bicyclic) bond motifs is 1. The Kier molecular flexibility index (Phi) is 5.81. The third-order valence-electron chi connectivity index (χ3n) is 5.38. The number of carbonyl (C=O) groups excluding carboxylic acids is 1. The Labute approximate surface area is 181 Å². The molecule has 1 atom stereocenters. The van der Waals surface area contributed by atoms with Crippen molar-refractivity contribution in [1.29, 1.82) is 0 Å². The van der Waals surface area contributed by atoms with E-state index in [2.05, 4.69) is 17.4 Å². The molecule has 0 spiro atoms. The van der Waals surface area contributed by atoms with Crippen LogP contribution in [0.5, 0.6) is 11.5 Å². The molecule has 2 amide bonds. The van der Waals surface area contributed by atoms with Crippen molar-refractivity contribution in [2.75, 3.05) is 26.1 Å². The maximum Gasteiger partial charge on any atom is 0.322 e. The quantitative estimate of drug-likeness (QED) is 0.600. The van der Waals surface area contributed by atoms with Gasteiger partial charge in [-0.3, -0.25) is 0 Å². The monoisotopic (exact) mass is 422 g/mol. The van der Waals surface area contributed by atoms with Gasteiger partial charge in [0.05, 0.1) is 25.9 Å². The molecule has 0 bridgehead atoms. The van der Waals surface area contributed by atoms with Crippen LogP contribution in [-0.4, -0.2) is 31.7 Å². The molecule has 1 aliphatic heterocycles. The number of amides is 2. The Bertz CT molecular complexity index is 1050. The van der Waals surface area contributed by atoms with E-state index in [0.717, 1.165) is 17.5 Å². The summed E-state index contributed by atoms with van der Waals surface area (Å²) in [6, 6.07) is 20.8. The average molecular weight is 423 g/mol. The number of nitrogens with zero attached hydrogens (tertiary/aromatic N) is 1. The Morgan fingerprint density at radius 2 is 1.80 bits per heavy atom. The molecule has 5 nitrogen and oxygen atoms in total. The highest BCUT2D eigenvalue weighted by Gasteiger charge is 2.32. The standard InChI is InChI=1S/C24H23ClN2O3/c1-29-19-11-12-22(30-2)21(15-19)26-24(28)27-14-13-16-5-3-4-6-20(16)23(27)17-7-9-18(25)10-8-17/h3-12,15,23H,13-14H2,1-2H3,(H,26,28). The van der Waals surface area contributed by atoms with Crippen molar-refractivity contribution in [2.45, 2.75) is 12.5 Å². The molecule has 4 rings (SSSR count). The minimum Gasteiger partial charge on any atom is -0.497 e. The van der Waals surface area contributed by atoms with Crippen LogP contribution in [0.1, 0.15) is 22.7 Å². The summed E-state index contributed by atoms with van der Waals surface area (Å²) in [5.74, 6) is 1.22. The number of halogens is 1. The van der Waals surface area contributed by atoms with Crippen LogP contribution in [0.2, 0.25) is 5.02 Å². The van der Waals surface area contributed by atoms with Gasteiger partial charge >= 0.3 is 6.03 Å². The summed E-state index contributed by atoms with van der Waals surface area (Å²) in [5, 5.41) is 3.67. The fourth-order valence-corrected chi connectivity index (χ4v) is 4.01. The lowest BCUT2D eigenvalue weighted by Crippen LogP contribution is -2.43. The number of methoxy groups -OCH3 is 2. The van der Waals surface area contributed by atoms with E-state index in [0.29, 0.717) is 28.8 Å². The number of hydrogen-bond donors (Lipinski definition) is 1. The van der Waals surface area contributed by atoms with E-state index in [9.17, 15) is 4.79 Å². The SMILES string of the molecule is COc1ccc(OC)c(NC(=O)N2CCc3ccccc3C2c2ccc(Cl)cc2)c1. The zero-order valence-corrected chi connectivity index (χ0v) is 17.6. The minimum absolute atomic E-state index is 0.198. The van der Waals surface area contributed by atoms with Crippen LogP contribution in [0.15, 0.2) is 66.7 Å². The molecule has 1 heterocycles. The van der Waals surface area contributed by atoms with E-state index in [1.54, 1.807) is 32.4 Å². The first-order valence-electron chi connectivity index (χ1n) is 9.73. The second-order valence-corrected chi connectivity index (χ2v) is 7.53. The Morgan fingerprint density at radius 1 is 1.03 bits per heavy atom. The molecule has 0 radical (unpaired) electrons. The number of hydrogen-bond acceptors (Lipinski definition) is 3.